The first-order valence-electron chi connectivity index (χ1n) is 7.60. The number of aryl methyl sites for hydroxylation is 2. The van der Waals surface area contributed by atoms with Crippen LogP contribution in [0.3, 0.4) is 0 Å². The van der Waals surface area contributed by atoms with Crippen LogP contribution in [0.5, 0.6) is 5.75 Å². The van der Waals surface area contributed by atoms with E-state index >= 15 is 0 Å². The Bertz CT molecular complexity index is 575. The van der Waals surface area contributed by atoms with Gasteiger partial charge in [0.05, 0.1) is 13.2 Å². The first kappa shape index (κ1) is 15.6. The smallest absolute Gasteiger partial charge is 0.123 e. The maximum Gasteiger partial charge on any atom is 0.123 e. The Morgan fingerprint density at radius 3 is 2.38 bits per heavy atom. The van der Waals surface area contributed by atoms with Crippen molar-refractivity contribution in [2.45, 2.75) is 32.7 Å². The summed E-state index contributed by atoms with van der Waals surface area (Å²) < 4.78 is 5.53. The molecule has 21 heavy (non-hydrogen) atoms. The van der Waals surface area contributed by atoms with Gasteiger partial charge in [-0.1, -0.05) is 55.3 Å². The van der Waals surface area contributed by atoms with Crippen LogP contribution in [0.2, 0.25) is 0 Å². The van der Waals surface area contributed by atoms with Crippen LogP contribution in [0, 0.1) is 6.92 Å². The number of methoxy groups -OCH3 is 1. The fourth-order valence-electron chi connectivity index (χ4n) is 2.75. The quantitative estimate of drug-likeness (QED) is 0.855. The van der Waals surface area contributed by atoms with Gasteiger partial charge in [0.1, 0.15) is 5.75 Å². The van der Waals surface area contributed by atoms with E-state index in [1.807, 2.05) is 13.1 Å². The van der Waals surface area contributed by atoms with E-state index < -0.39 is 0 Å². The van der Waals surface area contributed by atoms with Crippen molar-refractivity contribution in [3.05, 3.63) is 64.7 Å². The van der Waals surface area contributed by atoms with Crippen molar-refractivity contribution in [2.75, 3.05) is 14.2 Å². The molecular weight excluding hydrogens is 258 g/mol. The minimum Gasteiger partial charge on any atom is -0.496 e. The van der Waals surface area contributed by atoms with Gasteiger partial charge in [0.15, 0.2) is 0 Å². The van der Waals surface area contributed by atoms with Crippen LogP contribution in [0.4, 0.5) is 0 Å². The molecule has 0 aliphatic heterocycles. The summed E-state index contributed by atoms with van der Waals surface area (Å²) in [5.41, 5.74) is 5.09. The molecule has 112 valence electrons. The van der Waals surface area contributed by atoms with Gasteiger partial charge in [-0.25, -0.2) is 0 Å². The Morgan fingerprint density at radius 1 is 1.10 bits per heavy atom. The molecule has 0 saturated carbocycles. The maximum absolute atomic E-state index is 5.53. The second-order valence-corrected chi connectivity index (χ2v) is 5.46. The number of nitrogens with one attached hydrogen (secondary N) is 1. The third-order valence-corrected chi connectivity index (χ3v) is 3.84. The van der Waals surface area contributed by atoms with Crippen LogP contribution in [-0.2, 0) is 6.42 Å². The van der Waals surface area contributed by atoms with Crippen molar-refractivity contribution in [3.63, 3.8) is 0 Å². The highest BCUT2D eigenvalue weighted by Gasteiger charge is 2.16. The van der Waals surface area contributed by atoms with Crippen LogP contribution in [0.15, 0.2) is 42.5 Å². The van der Waals surface area contributed by atoms with E-state index in [-0.39, 0.29) is 6.04 Å². The maximum atomic E-state index is 5.53. The summed E-state index contributed by atoms with van der Waals surface area (Å²) in [6.45, 7) is 4.32. The van der Waals surface area contributed by atoms with E-state index in [9.17, 15) is 0 Å². The number of rotatable bonds is 6. The first-order valence-corrected chi connectivity index (χ1v) is 7.60. The minimum absolute atomic E-state index is 0.149. The Labute approximate surface area is 128 Å². The van der Waals surface area contributed by atoms with Gasteiger partial charge >= 0.3 is 0 Å². The second kappa shape index (κ2) is 7.28. The highest BCUT2D eigenvalue weighted by atomic mass is 16.5. The summed E-state index contributed by atoms with van der Waals surface area (Å²) in [6.07, 6.45) is 2.32. The molecular formula is C19H25NO. The molecule has 2 aromatic rings. The average Bonchev–Trinajstić information content (AvgIpc) is 2.50. The zero-order chi connectivity index (χ0) is 15.2. The molecule has 0 heterocycles. The molecule has 0 saturated heterocycles. The Kier molecular flexibility index (Phi) is 5.40. The van der Waals surface area contributed by atoms with Crippen molar-refractivity contribution in [3.8, 4) is 5.75 Å². The van der Waals surface area contributed by atoms with E-state index in [1.165, 1.54) is 28.7 Å². The Balaban J connectivity index is 2.37. The van der Waals surface area contributed by atoms with Gasteiger partial charge in [0.2, 0.25) is 0 Å². The lowest BCUT2D eigenvalue weighted by molar-refractivity contribution is 0.405. The molecule has 0 fully saturated rings. The lowest BCUT2D eigenvalue weighted by Gasteiger charge is -2.21. The molecule has 2 heteroatoms. The zero-order valence-electron chi connectivity index (χ0n) is 13.4. The molecule has 0 bridgehead atoms. The van der Waals surface area contributed by atoms with Gasteiger partial charge in [0.25, 0.3) is 0 Å². The fourth-order valence-corrected chi connectivity index (χ4v) is 2.75. The third kappa shape index (κ3) is 3.64. The van der Waals surface area contributed by atoms with E-state index in [0.29, 0.717) is 0 Å². The third-order valence-electron chi connectivity index (χ3n) is 3.84. The van der Waals surface area contributed by atoms with Crippen molar-refractivity contribution >= 4 is 0 Å². The molecule has 0 aliphatic carbocycles. The monoisotopic (exact) mass is 283 g/mol. The summed E-state index contributed by atoms with van der Waals surface area (Å²) in [7, 11) is 3.72. The number of benzene rings is 2. The minimum atomic E-state index is 0.149. The summed E-state index contributed by atoms with van der Waals surface area (Å²) in [4.78, 5) is 0. The number of hydrogen-bond donors (Lipinski definition) is 1. The number of hydrogen-bond acceptors (Lipinski definition) is 2. The standard InChI is InChI=1S/C19H25NO/c1-5-6-15-8-10-16(11-9-15)19(20-3)17-13-14(2)7-12-18(17)21-4/h7-13,19-20H,5-6H2,1-4H3. The molecule has 1 N–H and O–H groups in total. The molecule has 0 amide bonds. The van der Waals surface area contributed by atoms with E-state index in [2.05, 4.69) is 55.6 Å². The van der Waals surface area contributed by atoms with Crippen molar-refractivity contribution < 1.29 is 4.74 Å². The van der Waals surface area contributed by atoms with Gasteiger partial charge < -0.3 is 10.1 Å². The van der Waals surface area contributed by atoms with Crippen LogP contribution in [-0.4, -0.2) is 14.2 Å². The topological polar surface area (TPSA) is 21.3 Å². The average molecular weight is 283 g/mol. The van der Waals surface area contributed by atoms with Gasteiger partial charge in [-0.15, -0.1) is 0 Å². The summed E-state index contributed by atoms with van der Waals surface area (Å²) >= 11 is 0. The van der Waals surface area contributed by atoms with Crippen LogP contribution < -0.4 is 10.1 Å². The predicted molar refractivity (Wildman–Crippen MR) is 89.1 cm³/mol. The lowest BCUT2D eigenvalue weighted by atomic mass is 9.95. The number of ether oxygens (including phenoxy) is 1. The largest absolute Gasteiger partial charge is 0.496 e. The highest BCUT2D eigenvalue weighted by Crippen LogP contribution is 2.30. The van der Waals surface area contributed by atoms with Crippen LogP contribution in [0.25, 0.3) is 0 Å². The highest BCUT2D eigenvalue weighted by molar-refractivity contribution is 5.44. The Hall–Kier alpha value is -1.80. The molecule has 2 nitrogen and oxygen atoms in total. The zero-order valence-corrected chi connectivity index (χ0v) is 13.4. The lowest BCUT2D eigenvalue weighted by Crippen LogP contribution is -2.18. The van der Waals surface area contributed by atoms with Crippen LogP contribution >= 0.6 is 0 Å². The van der Waals surface area contributed by atoms with E-state index in [1.54, 1.807) is 7.11 Å². The summed E-state index contributed by atoms with van der Waals surface area (Å²) in [5, 5.41) is 3.41. The summed E-state index contributed by atoms with van der Waals surface area (Å²) in [6, 6.07) is 15.4. The van der Waals surface area contributed by atoms with Crippen LogP contribution in [0.1, 0.15) is 41.6 Å². The SMILES string of the molecule is CCCc1ccc(C(NC)c2cc(C)ccc2OC)cc1. The normalized spacial score (nSPS) is 12.2. The molecule has 0 aromatic heterocycles. The van der Waals surface area contributed by atoms with Gasteiger partial charge in [-0.05, 0) is 37.6 Å². The van der Waals surface area contributed by atoms with Crippen molar-refractivity contribution in [1.82, 2.24) is 5.32 Å². The predicted octanol–water partition coefficient (Wildman–Crippen LogP) is 4.26. The molecule has 0 spiro atoms. The van der Waals surface area contributed by atoms with Gasteiger partial charge in [-0.2, -0.15) is 0 Å². The first-order chi connectivity index (χ1) is 10.2. The molecule has 1 unspecified atom stereocenters. The molecule has 0 aliphatic rings. The van der Waals surface area contributed by atoms with E-state index in [0.717, 1.165) is 12.2 Å². The van der Waals surface area contributed by atoms with Gasteiger partial charge in [-0.3, -0.25) is 0 Å². The van der Waals surface area contributed by atoms with Crippen molar-refractivity contribution in [2.24, 2.45) is 0 Å². The second-order valence-electron chi connectivity index (χ2n) is 5.46. The Morgan fingerprint density at radius 2 is 1.81 bits per heavy atom. The van der Waals surface area contributed by atoms with Gasteiger partial charge in [0, 0.05) is 5.56 Å². The fraction of sp³-hybridized carbons (Fsp3) is 0.368. The summed E-state index contributed by atoms with van der Waals surface area (Å²) in [5.74, 6) is 0.928. The molecule has 2 aromatic carbocycles. The van der Waals surface area contributed by atoms with Crippen molar-refractivity contribution in [1.29, 1.82) is 0 Å². The molecule has 2 rings (SSSR count). The van der Waals surface area contributed by atoms with E-state index in [4.69, 9.17) is 4.74 Å². The molecule has 0 radical (unpaired) electrons. The molecule has 1 atom stereocenters.